The lowest BCUT2D eigenvalue weighted by molar-refractivity contribution is 0.0317. The third-order valence-corrected chi connectivity index (χ3v) is 4.34. The van der Waals surface area contributed by atoms with Gasteiger partial charge in [-0.2, -0.15) is 0 Å². The summed E-state index contributed by atoms with van der Waals surface area (Å²) >= 11 is 1.49. The SMILES string of the molecule is CC(CNC(=O)c1csc(CCN)n1)CN1CCOCC1.Cl.Cl. The molecule has 23 heavy (non-hydrogen) atoms. The molecule has 1 unspecified atom stereocenters. The average molecular weight is 385 g/mol. The van der Waals surface area contributed by atoms with E-state index in [9.17, 15) is 4.79 Å². The van der Waals surface area contributed by atoms with Gasteiger partial charge in [-0.1, -0.05) is 6.92 Å². The topological polar surface area (TPSA) is 80.5 Å². The number of morpholine rings is 1. The zero-order chi connectivity index (χ0) is 15.1. The first-order chi connectivity index (χ1) is 10.2. The van der Waals surface area contributed by atoms with Gasteiger partial charge in [0.25, 0.3) is 5.91 Å². The van der Waals surface area contributed by atoms with E-state index < -0.39 is 0 Å². The molecule has 0 radical (unpaired) electrons. The first-order valence-electron chi connectivity index (χ1n) is 7.42. The van der Waals surface area contributed by atoms with Gasteiger partial charge in [0.05, 0.1) is 18.2 Å². The van der Waals surface area contributed by atoms with E-state index in [2.05, 4.69) is 22.1 Å². The molecule has 0 saturated carbocycles. The number of ether oxygens (including phenoxy) is 1. The summed E-state index contributed by atoms with van der Waals surface area (Å²) in [6, 6.07) is 0. The number of hydrogen-bond donors (Lipinski definition) is 2. The van der Waals surface area contributed by atoms with Crippen molar-refractivity contribution < 1.29 is 9.53 Å². The Morgan fingerprint density at radius 3 is 2.83 bits per heavy atom. The molecule has 0 aliphatic carbocycles. The molecule has 1 saturated heterocycles. The second-order valence-corrected chi connectivity index (χ2v) is 6.34. The van der Waals surface area contributed by atoms with Crippen LogP contribution in [0.4, 0.5) is 0 Å². The molecule has 1 fully saturated rings. The van der Waals surface area contributed by atoms with Crippen LogP contribution >= 0.6 is 36.2 Å². The summed E-state index contributed by atoms with van der Waals surface area (Å²) in [6.45, 7) is 7.93. The number of carbonyl (C=O) groups excluding carboxylic acids is 1. The molecule has 3 N–H and O–H groups in total. The lowest BCUT2D eigenvalue weighted by Crippen LogP contribution is -2.41. The van der Waals surface area contributed by atoms with Crippen LogP contribution in [-0.4, -0.2) is 61.7 Å². The Morgan fingerprint density at radius 1 is 1.48 bits per heavy atom. The van der Waals surface area contributed by atoms with Gasteiger partial charge in [-0.05, 0) is 12.5 Å². The molecule has 1 aromatic rings. The molecule has 9 heteroatoms. The maximum atomic E-state index is 12.0. The minimum atomic E-state index is -0.0941. The third kappa shape index (κ3) is 7.78. The summed E-state index contributed by atoms with van der Waals surface area (Å²) in [7, 11) is 0. The molecule has 1 aliphatic rings. The van der Waals surface area contributed by atoms with Crippen molar-refractivity contribution in [2.45, 2.75) is 13.3 Å². The second kappa shape index (κ2) is 12.0. The van der Waals surface area contributed by atoms with Crippen molar-refractivity contribution in [1.82, 2.24) is 15.2 Å². The van der Waals surface area contributed by atoms with Gasteiger partial charge in [-0.25, -0.2) is 4.98 Å². The molecular formula is C14H26Cl2N4O2S. The molecule has 2 rings (SSSR count). The standard InChI is InChI=1S/C14H24N4O2S.2ClH/c1-11(9-18-4-6-20-7-5-18)8-16-14(19)12-10-21-13(17-12)2-3-15;;/h10-11H,2-9,15H2,1H3,(H,16,19);2*1H. The Labute approximate surface area is 154 Å². The van der Waals surface area contributed by atoms with Crippen molar-refractivity contribution in [2.75, 3.05) is 45.9 Å². The van der Waals surface area contributed by atoms with Crippen LogP contribution in [0.15, 0.2) is 5.38 Å². The lowest BCUT2D eigenvalue weighted by atomic mass is 10.1. The van der Waals surface area contributed by atoms with E-state index >= 15 is 0 Å². The summed E-state index contributed by atoms with van der Waals surface area (Å²) in [5, 5.41) is 5.68. The normalized spacial score (nSPS) is 16.1. The van der Waals surface area contributed by atoms with E-state index in [-0.39, 0.29) is 30.7 Å². The van der Waals surface area contributed by atoms with E-state index in [0.29, 0.717) is 24.7 Å². The molecule has 1 atom stereocenters. The van der Waals surface area contributed by atoms with Crippen LogP contribution < -0.4 is 11.1 Å². The van der Waals surface area contributed by atoms with Crippen molar-refractivity contribution in [3.05, 3.63) is 16.1 Å². The Kier molecular flexibility index (Phi) is 11.8. The largest absolute Gasteiger partial charge is 0.379 e. The van der Waals surface area contributed by atoms with Crippen LogP contribution in [0.25, 0.3) is 0 Å². The van der Waals surface area contributed by atoms with Crippen LogP contribution in [-0.2, 0) is 11.2 Å². The minimum absolute atomic E-state index is 0. The van der Waals surface area contributed by atoms with Gasteiger partial charge in [0.1, 0.15) is 5.69 Å². The van der Waals surface area contributed by atoms with Crippen LogP contribution in [0.3, 0.4) is 0 Å². The average Bonchev–Trinajstić information content (AvgIpc) is 2.95. The highest BCUT2D eigenvalue weighted by Crippen LogP contribution is 2.10. The third-order valence-electron chi connectivity index (χ3n) is 3.43. The van der Waals surface area contributed by atoms with Crippen LogP contribution in [0.1, 0.15) is 22.4 Å². The fourth-order valence-corrected chi connectivity index (χ4v) is 3.09. The Balaban J connectivity index is 0.00000242. The van der Waals surface area contributed by atoms with Gasteiger partial charge in [0.15, 0.2) is 0 Å². The zero-order valence-corrected chi connectivity index (χ0v) is 15.8. The van der Waals surface area contributed by atoms with Gasteiger partial charge in [0, 0.05) is 38.0 Å². The molecule has 0 spiro atoms. The second-order valence-electron chi connectivity index (χ2n) is 5.39. The summed E-state index contributed by atoms with van der Waals surface area (Å²) in [6.07, 6.45) is 0.728. The summed E-state index contributed by atoms with van der Waals surface area (Å²) in [5.74, 6) is 0.317. The number of nitrogens with two attached hydrogens (primary N) is 1. The van der Waals surface area contributed by atoms with Crippen molar-refractivity contribution in [1.29, 1.82) is 0 Å². The van der Waals surface area contributed by atoms with Crippen LogP contribution in [0.2, 0.25) is 0 Å². The quantitative estimate of drug-likeness (QED) is 0.737. The first-order valence-corrected chi connectivity index (χ1v) is 8.29. The molecule has 1 aromatic heterocycles. The van der Waals surface area contributed by atoms with E-state index in [1.165, 1.54) is 11.3 Å². The van der Waals surface area contributed by atoms with Gasteiger partial charge < -0.3 is 15.8 Å². The predicted octanol–water partition coefficient (Wildman–Crippen LogP) is 1.19. The van der Waals surface area contributed by atoms with E-state index in [4.69, 9.17) is 10.5 Å². The van der Waals surface area contributed by atoms with E-state index in [1.807, 2.05) is 0 Å². The Hall–Kier alpha value is -0.440. The number of halogens is 2. The summed E-state index contributed by atoms with van der Waals surface area (Å²) in [5.41, 5.74) is 5.99. The van der Waals surface area contributed by atoms with Gasteiger partial charge in [-0.15, -0.1) is 36.2 Å². The number of rotatable bonds is 7. The fourth-order valence-electron chi connectivity index (χ4n) is 2.30. The fraction of sp³-hybridized carbons (Fsp3) is 0.714. The molecule has 134 valence electrons. The summed E-state index contributed by atoms with van der Waals surface area (Å²) < 4.78 is 5.33. The molecule has 1 amide bonds. The predicted molar refractivity (Wildman–Crippen MR) is 98.1 cm³/mol. The van der Waals surface area contributed by atoms with E-state index in [0.717, 1.165) is 44.3 Å². The number of hydrogen-bond acceptors (Lipinski definition) is 6. The highest BCUT2D eigenvalue weighted by Gasteiger charge is 2.15. The molecular weight excluding hydrogens is 359 g/mol. The van der Waals surface area contributed by atoms with Gasteiger partial charge >= 0.3 is 0 Å². The maximum Gasteiger partial charge on any atom is 0.270 e. The highest BCUT2D eigenvalue weighted by atomic mass is 35.5. The monoisotopic (exact) mass is 384 g/mol. The number of carbonyl (C=O) groups is 1. The molecule has 0 bridgehead atoms. The molecule has 2 heterocycles. The van der Waals surface area contributed by atoms with Crippen molar-refractivity contribution in [3.63, 3.8) is 0 Å². The van der Waals surface area contributed by atoms with Crippen molar-refractivity contribution >= 4 is 42.1 Å². The first kappa shape index (κ1) is 22.6. The smallest absolute Gasteiger partial charge is 0.270 e. The van der Waals surface area contributed by atoms with E-state index in [1.54, 1.807) is 5.38 Å². The Bertz CT molecular complexity index is 456. The van der Waals surface area contributed by atoms with Crippen molar-refractivity contribution in [3.8, 4) is 0 Å². The Morgan fingerprint density at radius 2 is 2.17 bits per heavy atom. The van der Waals surface area contributed by atoms with Crippen LogP contribution in [0, 0.1) is 5.92 Å². The number of nitrogens with zero attached hydrogens (tertiary/aromatic N) is 2. The number of aromatic nitrogens is 1. The molecule has 0 aromatic carbocycles. The van der Waals surface area contributed by atoms with Crippen LogP contribution in [0.5, 0.6) is 0 Å². The van der Waals surface area contributed by atoms with Gasteiger partial charge in [-0.3, -0.25) is 9.69 Å². The number of thiazole rings is 1. The summed E-state index contributed by atoms with van der Waals surface area (Å²) in [4.78, 5) is 18.7. The lowest BCUT2D eigenvalue weighted by Gasteiger charge is -2.29. The zero-order valence-electron chi connectivity index (χ0n) is 13.3. The minimum Gasteiger partial charge on any atom is -0.379 e. The highest BCUT2D eigenvalue weighted by molar-refractivity contribution is 7.09. The number of amides is 1. The molecule has 6 nitrogen and oxygen atoms in total. The van der Waals surface area contributed by atoms with Crippen molar-refractivity contribution in [2.24, 2.45) is 11.7 Å². The van der Waals surface area contributed by atoms with Gasteiger partial charge in [0.2, 0.25) is 0 Å². The number of nitrogens with one attached hydrogen (secondary N) is 1. The molecule has 1 aliphatic heterocycles. The maximum absolute atomic E-state index is 12.0.